The maximum absolute atomic E-state index is 12.4. The van der Waals surface area contributed by atoms with Crippen molar-refractivity contribution in [2.75, 3.05) is 31.2 Å². The Bertz CT molecular complexity index is 872. The third-order valence-electron chi connectivity index (χ3n) is 4.83. The first-order chi connectivity index (χ1) is 13.2. The molecule has 0 aromatic carbocycles. The number of hydrogen-bond acceptors (Lipinski definition) is 6. The van der Waals surface area contributed by atoms with Crippen LogP contribution < -0.4 is 15.8 Å². The van der Waals surface area contributed by atoms with Crippen molar-refractivity contribution >= 4 is 11.7 Å². The van der Waals surface area contributed by atoms with Crippen molar-refractivity contribution < 1.29 is 9.53 Å². The van der Waals surface area contributed by atoms with Gasteiger partial charge in [0.1, 0.15) is 12.4 Å². The van der Waals surface area contributed by atoms with Crippen LogP contribution in [-0.2, 0) is 22.6 Å². The molecule has 8 nitrogen and oxygen atoms in total. The van der Waals surface area contributed by atoms with Gasteiger partial charge in [-0.2, -0.15) is 5.10 Å². The zero-order valence-corrected chi connectivity index (χ0v) is 15.1. The summed E-state index contributed by atoms with van der Waals surface area (Å²) in [7, 11) is 0. The van der Waals surface area contributed by atoms with Crippen molar-refractivity contribution in [1.29, 1.82) is 0 Å². The molecule has 1 saturated carbocycles. The number of nitrogens with zero attached hydrogens (tertiary/aromatic N) is 4. The Hall–Kier alpha value is -2.74. The number of rotatable bonds is 6. The summed E-state index contributed by atoms with van der Waals surface area (Å²) < 4.78 is 6.63. The lowest BCUT2D eigenvalue weighted by molar-refractivity contribution is -0.122. The lowest BCUT2D eigenvalue weighted by Gasteiger charge is -2.29. The third kappa shape index (κ3) is 4.33. The van der Waals surface area contributed by atoms with Crippen LogP contribution in [0.4, 0.5) is 5.82 Å². The van der Waals surface area contributed by atoms with E-state index in [1.54, 1.807) is 12.3 Å². The SMILES string of the molecule is O=C(Cn1nc(C2CC2)ccc1=O)NCc1cccnc1N1CCOCC1. The molecule has 142 valence electrons. The molecule has 8 heteroatoms. The first kappa shape index (κ1) is 17.7. The fourth-order valence-corrected chi connectivity index (χ4v) is 3.19. The van der Waals surface area contributed by atoms with Crippen LogP contribution in [0.15, 0.2) is 35.3 Å². The maximum Gasteiger partial charge on any atom is 0.267 e. The van der Waals surface area contributed by atoms with E-state index < -0.39 is 0 Å². The second-order valence-electron chi connectivity index (χ2n) is 6.89. The van der Waals surface area contributed by atoms with Crippen LogP contribution >= 0.6 is 0 Å². The molecule has 0 spiro atoms. The summed E-state index contributed by atoms with van der Waals surface area (Å²) in [5.41, 5.74) is 1.58. The highest BCUT2D eigenvalue weighted by atomic mass is 16.5. The number of aromatic nitrogens is 3. The lowest BCUT2D eigenvalue weighted by atomic mass is 10.2. The molecular weight excluding hydrogens is 346 g/mol. The Morgan fingerprint density at radius 1 is 1.22 bits per heavy atom. The van der Waals surface area contributed by atoms with Crippen molar-refractivity contribution in [2.24, 2.45) is 0 Å². The second-order valence-corrected chi connectivity index (χ2v) is 6.89. The van der Waals surface area contributed by atoms with Crippen LogP contribution in [0.3, 0.4) is 0 Å². The average molecular weight is 369 g/mol. The van der Waals surface area contributed by atoms with Gasteiger partial charge in [-0.1, -0.05) is 6.07 Å². The van der Waals surface area contributed by atoms with Crippen molar-refractivity contribution in [2.45, 2.75) is 31.8 Å². The fraction of sp³-hybridized carbons (Fsp3) is 0.474. The van der Waals surface area contributed by atoms with Gasteiger partial charge in [-0.3, -0.25) is 9.59 Å². The Labute approximate surface area is 157 Å². The standard InChI is InChI=1S/C19H23N5O3/c25-17(13-24-18(26)6-5-16(22-24)14-3-4-14)21-12-15-2-1-7-20-19(15)23-8-10-27-11-9-23/h1-2,5-7,14H,3-4,8-13H2,(H,21,25). The quantitative estimate of drug-likeness (QED) is 0.805. The van der Waals surface area contributed by atoms with E-state index in [0.29, 0.717) is 25.7 Å². The summed E-state index contributed by atoms with van der Waals surface area (Å²) in [5.74, 6) is 1.06. The second kappa shape index (κ2) is 7.87. The maximum atomic E-state index is 12.4. The Kier molecular flexibility index (Phi) is 5.15. The van der Waals surface area contributed by atoms with Gasteiger partial charge in [0.15, 0.2) is 0 Å². The van der Waals surface area contributed by atoms with Crippen LogP contribution in [-0.4, -0.2) is 47.0 Å². The van der Waals surface area contributed by atoms with Gasteiger partial charge in [0.05, 0.1) is 18.9 Å². The highest BCUT2D eigenvalue weighted by Gasteiger charge is 2.25. The molecule has 2 fully saturated rings. The number of hydrogen-bond donors (Lipinski definition) is 1. The predicted molar refractivity (Wildman–Crippen MR) is 99.6 cm³/mol. The summed E-state index contributed by atoms with van der Waals surface area (Å²) in [6.07, 6.45) is 3.95. The first-order valence-corrected chi connectivity index (χ1v) is 9.32. The van der Waals surface area contributed by atoms with E-state index in [9.17, 15) is 9.59 Å². The van der Waals surface area contributed by atoms with Crippen LogP contribution in [0.1, 0.15) is 30.0 Å². The highest BCUT2D eigenvalue weighted by Crippen LogP contribution is 2.38. The predicted octanol–water partition coefficient (Wildman–Crippen LogP) is 0.669. The van der Waals surface area contributed by atoms with Gasteiger partial charge in [-0.05, 0) is 25.0 Å². The summed E-state index contributed by atoms with van der Waals surface area (Å²) in [6, 6.07) is 7.07. The number of carbonyl (C=O) groups excluding carboxylic acids is 1. The van der Waals surface area contributed by atoms with Crippen LogP contribution in [0.2, 0.25) is 0 Å². The van der Waals surface area contributed by atoms with E-state index >= 15 is 0 Å². The van der Waals surface area contributed by atoms with E-state index in [-0.39, 0.29) is 18.0 Å². The number of morpholine rings is 1. The van der Waals surface area contributed by atoms with E-state index in [2.05, 4.69) is 20.3 Å². The smallest absolute Gasteiger partial charge is 0.267 e. The number of pyridine rings is 1. The minimum absolute atomic E-state index is 0.0768. The van der Waals surface area contributed by atoms with Crippen LogP contribution in [0, 0.1) is 0 Å². The minimum Gasteiger partial charge on any atom is -0.378 e. The molecule has 27 heavy (non-hydrogen) atoms. The molecule has 3 heterocycles. The van der Waals surface area contributed by atoms with Gasteiger partial charge < -0.3 is 15.0 Å². The summed E-state index contributed by atoms with van der Waals surface area (Å²) >= 11 is 0. The van der Waals surface area contributed by atoms with Crippen molar-refractivity contribution in [3.05, 3.63) is 52.1 Å². The zero-order valence-electron chi connectivity index (χ0n) is 15.1. The summed E-state index contributed by atoms with van der Waals surface area (Å²) in [5, 5.41) is 7.21. The molecular formula is C19H23N5O3. The minimum atomic E-state index is -0.259. The monoisotopic (exact) mass is 369 g/mol. The van der Waals surface area contributed by atoms with Gasteiger partial charge in [-0.15, -0.1) is 0 Å². The first-order valence-electron chi connectivity index (χ1n) is 9.32. The molecule has 0 atom stereocenters. The average Bonchev–Trinajstić information content (AvgIpc) is 3.54. The zero-order chi connectivity index (χ0) is 18.6. The van der Waals surface area contributed by atoms with Crippen molar-refractivity contribution in [3.63, 3.8) is 0 Å². The molecule has 1 N–H and O–H groups in total. The number of anilines is 1. The Morgan fingerprint density at radius 3 is 2.81 bits per heavy atom. The lowest BCUT2D eigenvalue weighted by Crippen LogP contribution is -2.38. The van der Waals surface area contributed by atoms with Gasteiger partial charge >= 0.3 is 0 Å². The highest BCUT2D eigenvalue weighted by molar-refractivity contribution is 5.75. The molecule has 1 amide bonds. The molecule has 4 rings (SSSR count). The molecule has 1 aliphatic heterocycles. The van der Waals surface area contributed by atoms with Gasteiger partial charge in [0, 0.05) is 43.4 Å². The molecule has 2 aromatic rings. The topological polar surface area (TPSA) is 89.3 Å². The van der Waals surface area contributed by atoms with Gasteiger partial charge in [0.2, 0.25) is 5.91 Å². The van der Waals surface area contributed by atoms with E-state index in [4.69, 9.17) is 4.74 Å². The molecule has 0 unspecified atom stereocenters. The van der Waals surface area contributed by atoms with Crippen LogP contribution in [0.5, 0.6) is 0 Å². The van der Waals surface area contributed by atoms with E-state index in [1.165, 1.54) is 10.7 Å². The Balaban J connectivity index is 1.40. The number of nitrogens with one attached hydrogen (secondary N) is 1. The molecule has 1 saturated heterocycles. The van der Waals surface area contributed by atoms with Crippen molar-refractivity contribution in [3.8, 4) is 0 Å². The fourth-order valence-electron chi connectivity index (χ4n) is 3.19. The molecule has 0 bridgehead atoms. The van der Waals surface area contributed by atoms with E-state index in [0.717, 1.165) is 43.0 Å². The summed E-state index contributed by atoms with van der Waals surface area (Å²) in [6.45, 7) is 3.20. The largest absolute Gasteiger partial charge is 0.378 e. The molecule has 0 radical (unpaired) electrons. The number of amides is 1. The number of carbonyl (C=O) groups is 1. The summed E-state index contributed by atoms with van der Waals surface area (Å²) in [4.78, 5) is 31.0. The van der Waals surface area contributed by atoms with Crippen LogP contribution in [0.25, 0.3) is 0 Å². The van der Waals surface area contributed by atoms with Crippen molar-refractivity contribution in [1.82, 2.24) is 20.1 Å². The van der Waals surface area contributed by atoms with Gasteiger partial charge in [0.25, 0.3) is 5.56 Å². The molecule has 2 aromatic heterocycles. The van der Waals surface area contributed by atoms with Gasteiger partial charge in [-0.25, -0.2) is 9.67 Å². The Morgan fingerprint density at radius 2 is 2.04 bits per heavy atom. The normalized spacial score (nSPS) is 17.0. The molecule has 1 aliphatic carbocycles. The third-order valence-corrected chi connectivity index (χ3v) is 4.83. The molecule has 2 aliphatic rings. The van der Waals surface area contributed by atoms with E-state index in [1.807, 2.05) is 12.1 Å². The number of ether oxygens (including phenoxy) is 1.